The summed E-state index contributed by atoms with van der Waals surface area (Å²) in [5.74, 6) is 0. The number of aliphatic hydroxyl groups excluding tert-OH is 1. The Morgan fingerprint density at radius 2 is 1.95 bits per heavy atom. The van der Waals surface area contributed by atoms with Crippen LogP contribution in [0.5, 0.6) is 0 Å². The van der Waals surface area contributed by atoms with E-state index in [2.05, 4.69) is 22.3 Å². The molecule has 106 valence electrons. The van der Waals surface area contributed by atoms with Crippen molar-refractivity contribution < 1.29 is 5.11 Å². The molecule has 1 fully saturated rings. The van der Waals surface area contributed by atoms with Crippen LogP contribution in [-0.4, -0.2) is 41.8 Å². The molecule has 1 saturated heterocycles. The second-order valence-electron chi connectivity index (χ2n) is 5.43. The van der Waals surface area contributed by atoms with Crippen molar-refractivity contribution in [2.24, 2.45) is 0 Å². The third kappa shape index (κ3) is 4.77. The number of rotatable bonds is 5. The van der Waals surface area contributed by atoms with Gasteiger partial charge in [-0.1, -0.05) is 23.7 Å². The number of benzene rings is 1. The number of nitrogens with zero attached hydrogens (tertiary/aromatic N) is 1. The first-order chi connectivity index (χ1) is 9.17. The van der Waals surface area contributed by atoms with Crippen LogP contribution in [0.4, 0.5) is 0 Å². The molecule has 0 bridgehead atoms. The Morgan fingerprint density at radius 1 is 1.32 bits per heavy atom. The molecular weight excluding hydrogens is 260 g/mol. The zero-order chi connectivity index (χ0) is 13.7. The molecule has 2 N–H and O–H groups in total. The predicted molar refractivity (Wildman–Crippen MR) is 79.4 cm³/mol. The molecule has 1 atom stereocenters. The highest BCUT2D eigenvalue weighted by Crippen LogP contribution is 2.16. The normalized spacial score (nSPS) is 19.5. The average molecular weight is 283 g/mol. The van der Waals surface area contributed by atoms with E-state index in [9.17, 15) is 0 Å². The van der Waals surface area contributed by atoms with Crippen LogP contribution in [0.25, 0.3) is 0 Å². The Morgan fingerprint density at radius 3 is 2.53 bits per heavy atom. The molecule has 3 nitrogen and oxygen atoms in total. The minimum Gasteiger partial charge on any atom is -0.395 e. The maximum atomic E-state index is 9.05. The smallest absolute Gasteiger partial charge is 0.0582 e. The summed E-state index contributed by atoms with van der Waals surface area (Å²) in [6.45, 7) is 5.46. The molecule has 1 unspecified atom stereocenters. The highest BCUT2D eigenvalue weighted by Gasteiger charge is 2.20. The van der Waals surface area contributed by atoms with Crippen LogP contribution in [-0.2, 0) is 6.54 Å². The molecule has 2 rings (SSSR count). The fraction of sp³-hybridized carbons (Fsp3) is 0.600. The minimum absolute atomic E-state index is 0.202. The van der Waals surface area contributed by atoms with Gasteiger partial charge in [0.1, 0.15) is 0 Å². The molecule has 0 aliphatic carbocycles. The van der Waals surface area contributed by atoms with Crippen LogP contribution < -0.4 is 5.32 Å². The highest BCUT2D eigenvalue weighted by atomic mass is 35.5. The molecule has 0 amide bonds. The Labute approximate surface area is 120 Å². The van der Waals surface area contributed by atoms with Crippen molar-refractivity contribution in [3.8, 4) is 0 Å². The van der Waals surface area contributed by atoms with Gasteiger partial charge >= 0.3 is 0 Å². The number of hydrogen-bond donors (Lipinski definition) is 2. The van der Waals surface area contributed by atoms with Crippen molar-refractivity contribution in [1.82, 2.24) is 10.2 Å². The Bertz CT molecular complexity index is 374. The fourth-order valence-electron chi connectivity index (χ4n) is 2.56. The van der Waals surface area contributed by atoms with E-state index < -0.39 is 0 Å². The van der Waals surface area contributed by atoms with Gasteiger partial charge in [0.15, 0.2) is 0 Å². The van der Waals surface area contributed by atoms with Crippen LogP contribution >= 0.6 is 11.6 Å². The van der Waals surface area contributed by atoms with Crippen molar-refractivity contribution in [1.29, 1.82) is 0 Å². The molecule has 1 heterocycles. The van der Waals surface area contributed by atoms with Gasteiger partial charge in [0.25, 0.3) is 0 Å². The van der Waals surface area contributed by atoms with Gasteiger partial charge in [-0.3, -0.25) is 4.90 Å². The van der Waals surface area contributed by atoms with Gasteiger partial charge in [-0.2, -0.15) is 0 Å². The van der Waals surface area contributed by atoms with E-state index in [1.807, 2.05) is 19.1 Å². The van der Waals surface area contributed by atoms with E-state index in [-0.39, 0.29) is 12.6 Å². The third-order valence-electron chi connectivity index (χ3n) is 3.70. The van der Waals surface area contributed by atoms with E-state index in [0.29, 0.717) is 6.04 Å². The van der Waals surface area contributed by atoms with Crippen molar-refractivity contribution in [2.45, 2.75) is 38.4 Å². The summed E-state index contributed by atoms with van der Waals surface area (Å²) >= 11 is 5.89. The van der Waals surface area contributed by atoms with E-state index in [0.717, 1.165) is 37.5 Å². The summed E-state index contributed by atoms with van der Waals surface area (Å²) in [4.78, 5) is 2.48. The summed E-state index contributed by atoms with van der Waals surface area (Å²) in [5.41, 5.74) is 1.32. The number of piperidine rings is 1. The van der Waals surface area contributed by atoms with Crippen LogP contribution in [0.3, 0.4) is 0 Å². The van der Waals surface area contributed by atoms with Gasteiger partial charge in [-0.25, -0.2) is 0 Å². The van der Waals surface area contributed by atoms with Gasteiger partial charge in [0.05, 0.1) is 6.61 Å². The van der Waals surface area contributed by atoms with Crippen molar-refractivity contribution in [2.75, 3.05) is 19.7 Å². The van der Waals surface area contributed by atoms with E-state index in [1.165, 1.54) is 5.56 Å². The zero-order valence-electron chi connectivity index (χ0n) is 11.5. The van der Waals surface area contributed by atoms with Crippen molar-refractivity contribution in [3.05, 3.63) is 34.9 Å². The lowest BCUT2D eigenvalue weighted by molar-refractivity contribution is 0.170. The van der Waals surface area contributed by atoms with Crippen molar-refractivity contribution >= 4 is 11.6 Å². The summed E-state index contributed by atoms with van der Waals surface area (Å²) in [6, 6.07) is 8.85. The lowest BCUT2D eigenvalue weighted by Gasteiger charge is -2.33. The molecule has 19 heavy (non-hydrogen) atoms. The lowest BCUT2D eigenvalue weighted by Crippen LogP contribution is -2.46. The maximum Gasteiger partial charge on any atom is 0.0582 e. The van der Waals surface area contributed by atoms with E-state index >= 15 is 0 Å². The summed E-state index contributed by atoms with van der Waals surface area (Å²) in [5, 5.41) is 13.3. The van der Waals surface area contributed by atoms with Gasteiger partial charge < -0.3 is 10.4 Å². The molecule has 0 radical (unpaired) electrons. The third-order valence-corrected chi connectivity index (χ3v) is 3.95. The first kappa shape index (κ1) is 14.8. The zero-order valence-corrected chi connectivity index (χ0v) is 12.2. The highest BCUT2D eigenvalue weighted by molar-refractivity contribution is 6.30. The second-order valence-corrected chi connectivity index (χ2v) is 5.86. The van der Waals surface area contributed by atoms with E-state index in [1.54, 1.807) is 0 Å². The Kier molecular flexibility index (Phi) is 5.64. The summed E-state index contributed by atoms with van der Waals surface area (Å²) in [6.07, 6.45) is 2.30. The average Bonchev–Trinajstić information content (AvgIpc) is 2.43. The molecule has 1 aromatic carbocycles. The van der Waals surface area contributed by atoms with Crippen LogP contribution in [0.1, 0.15) is 25.3 Å². The Balaban J connectivity index is 1.75. The summed E-state index contributed by atoms with van der Waals surface area (Å²) < 4.78 is 0. The molecule has 0 aromatic heterocycles. The van der Waals surface area contributed by atoms with Gasteiger partial charge in [-0.15, -0.1) is 0 Å². The quantitative estimate of drug-likeness (QED) is 0.870. The number of likely N-dealkylation sites (tertiary alicyclic amines) is 1. The van der Waals surface area contributed by atoms with Gasteiger partial charge in [0, 0.05) is 23.7 Å². The largest absolute Gasteiger partial charge is 0.395 e. The topological polar surface area (TPSA) is 35.5 Å². The molecule has 1 aromatic rings. The number of aliphatic hydroxyl groups is 1. The number of halogens is 1. The Hall–Kier alpha value is -0.610. The molecule has 1 aliphatic rings. The molecule has 4 heteroatoms. The molecule has 0 saturated carbocycles. The fourth-order valence-corrected chi connectivity index (χ4v) is 2.69. The van der Waals surface area contributed by atoms with Gasteiger partial charge in [-0.05, 0) is 50.6 Å². The number of hydrogen-bond acceptors (Lipinski definition) is 3. The monoisotopic (exact) mass is 282 g/mol. The number of nitrogens with one attached hydrogen (secondary N) is 1. The predicted octanol–water partition coefficient (Wildman–Crippen LogP) is 2.27. The molecular formula is C15H23ClN2O. The van der Waals surface area contributed by atoms with E-state index in [4.69, 9.17) is 16.7 Å². The first-order valence-electron chi connectivity index (χ1n) is 7.01. The molecule has 0 spiro atoms. The summed E-state index contributed by atoms with van der Waals surface area (Å²) in [7, 11) is 0. The maximum absolute atomic E-state index is 9.05. The molecule has 1 aliphatic heterocycles. The van der Waals surface area contributed by atoms with Crippen LogP contribution in [0.15, 0.2) is 24.3 Å². The first-order valence-corrected chi connectivity index (χ1v) is 7.39. The van der Waals surface area contributed by atoms with Crippen LogP contribution in [0, 0.1) is 0 Å². The van der Waals surface area contributed by atoms with Crippen LogP contribution in [0.2, 0.25) is 5.02 Å². The lowest BCUT2D eigenvalue weighted by atomic mass is 10.0. The minimum atomic E-state index is 0.202. The standard InChI is InChI=1S/C15H23ClN2O/c1-12(11-19)17-15-6-8-18(9-7-15)10-13-2-4-14(16)5-3-13/h2-5,12,15,17,19H,6-11H2,1H3. The second kappa shape index (κ2) is 7.25. The SMILES string of the molecule is CC(CO)NC1CCN(Cc2ccc(Cl)cc2)CC1. The van der Waals surface area contributed by atoms with Crippen molar-refractivity contribution in [3.63, 3.8) is 0 Å². The van der Waals surface area contributed by atoms with Gasteiger partial charge in [0.2, 0.25) is 0 Å².